The molecule has 83 heavy (non-hydrogen) atoms. The summed E-state index contributed by atoms with van der Waals surface area (Å²) in [5, 5.41) is 10.8. The molecular formula is C60H39F9I2O9S3. The molecule has 12 aromatic rings. The van der Waals surface area contributed by atoms with Gasteiger partial charge in [-0.2, -0.15) is 39.2 Å². The minimum atomic E-state index is -6.73. The molecule has 12 rings (SSSR count). The fourth-order valence-electron chi connectivity index (χ4n) is 8.59. The van der Waals surface area contributed by atoms with Gasteiger partial charge in [-0.25, -0.2) is 25.6 Å². The van der Waals surface area contributed by atoms with Gasteiger partial charge in [0.25, 0.3) is 10.1 Å². The Morgan fingerprint density at radius 3 is 1.00 bits per heavy atom. The van der Waals surface area contributed by atoms with Gasteiger partial charge < -0.3 is 9.11 Å². The Morgan fingerprint density at radius 2 is 0.675 bits per heavy atom. The zero-order valence-corrected chi connectivity index (χ0v) is 48.8. The van der Waals surface area contributed by atoms with Crippen LogP contribution < -0.4 is 42.4 Å². The lowest BCUT2D eigenvalue weighted by molar-refractivity contribution is -0.601. The maximum absolute atomic E-state index is 11.6. The van der Waals surface area contributed by atoms with Crippen molar-refractivity contribution >= 4 is 95.0 Å². The van der Waals surface area contributed by atoms with Crippen LogP contribution in [0.5, 0.6) is 0 Å². The minimum Gasteiger partial charge on any atom is -0.744 e. The second kappa shape index (κ2) is 25.2. The first kappa shape index (κ1) is 62.3. The average molecular weight is 1420 g/mol. The molecule has 1 N–H and O–H groups in total. The number of benzene rings is 12. The van der Waals surface area contributed by atoms with Crippen LogP contribution in [0.15, 0.2) is 239 Å². The van der Waals surface area contributed by atoms with Gasteiger partial charge in [-0.1, -0.05) is 164 Å². The fourth-order valence-corrected chi connectivity index (χ4v) is 16.1. The summed E-state index contributed by atoms with van der Waals surface area (Å²) in [7, 11) is -13.1. The largest absolute Gasteiger partial charge is 0.744 e. The van der Waals surface area contributed by atoms with Crippen LogP contribution in [0.1, 0.15) is 0 Å². The highest BCUT2D eigenvalue weighted by molar-refractivity contribution is 7.86. The first-order chi connectivity index (χ1) is 39.1. The maximum Gasteiger partial charge on any atom is 0.460 e. The van der Waals surface area contributed by atoms with E-state index in [0.717, 1.165) is 57.4 Å². The SMILES string of the molecule is FC(F)C(F)(F)C(F)(F)C(F)(F)F.O=S(=O)(O)c1ccccc1[I+]c1ccccc1.O=S(=O)([O-])c1ccc2ccc3cccc4ccc1c2c34.O=S(=O)([O-])c1ccc2ccc3cccc4ccc1c2c34.c1ccc([I+]c2ccccc2)cc1. The number of alkyl halides is 9. The molecule has 9 nitrogen and oxygen atoms in total. The van der Waals surface area contributed by atoms with Crippen LogP contribution in [-0.4, -0.2) is 63.4 Å². The third-order valence-electron chi connectivity index (χ3n) is 12.3. The minimum absolute atomic E-state index is 0.0247. The highest BCUT2D eigenvalue weighted by atomic mass is 127. The summed E-state index contributed by atoms with van der Waals surface area (Å²) < 4.78 is 207. The highest BCUT2D eigenvalue weighted by Crippen LogP contribution is 2.49. The molecule has 12 aromatic carbocycles. The van der Waals surface area contributed by atoms with Gasteiger partial charge in [0.1, 0.15) is 25.1 Å². The number of hydrogen-bond donors (Lipinski definition) is 1. The Kier molecular flexibility index (Phi) is 19.0. The van der Waals surface area contributed by atoms with Crippen LogP contribution in [0.4, 0.5) is 39.5 Å². The molecule has 0 spiro atoms. The summed E-state index contributed by atoms with van der Waals surface area (Å²) in [6.45, 7) is 0. The molecule has 0 amide bonds. The van der Waals surface area contributed by atoms with Gasteiger partial charge in [-0.05, 0) is 115 Å². The Morgan fingerprint density at radius 1 is 0.361 bits per heavy atom. The van der Waals surface area contributed by atoms with Crippen LogP contribution in [0.25, 0.3) is 64.6 Å². The van der Waals surface area contributed by atoms with E-state index in [4.69, 9.17) is 4.55 Å². The predicted molar refractivity (Wildman–Crippen MR) is 289 cm³/mol. The van der Waals surface area contributed by atoms with Gasteiger partial charge in [-0.3, -0.25) is 4.55 Å². The summed E-state index contributed by atoms with van der Waals surface area (Å²) in [6, 6.07) is 70.8. The molecule has 0 aliphatic heterocycles. The van der Waals surface area contributed by atoms with Gasteiger partial charge in [0.2, 0.25) is 3.57 Å². The molecule has 0 bridgehead atoms. The van der Waals surface area contributed by atoms with Crippen molar-refractivity contribution in [1.29, 1.82) is 0 Å². The highest BCUT2D eigenvalue weighted by Gasteiger charge is 2.76. The van der Waals surface area contributed by atoms with Crippen LogP contribution in [-0.2, 0) is 30.4 Å². The van der Waals surface area contributed by atoms with Gasteiger partial charge in [-0.15, -0.1) is 0 Å². The van der Waals surface area contributed by atoms with E-state index >= 15 is 0 Å². The first-order valence-corrected chi connectivity index (χ1v) is 32.5. The van der Waals surface area contributed by atoms with Crippen LogP contribution in [0.3, 0.4) is 0 Å². The number of hydrogen-bond acceptors (Lipinski definition) is 8. The van der Waals surface area contributed by atoms with Crippen molar-refractivity contribution in [3.63, 3.8) is 0 Å². The van der Waals surface area contributed by atoms with E-state index < -0.39 is 76.0 Å². The second-order valence-corrected chi connectivity index (χ2v) is 27.8. The van der Waals surface area contributed by atoms with E-state index in [2.05, 4.69) is 60.7 Å². The van der Waals surface area contributed by atoms with Crippen molar-refractivity contribution in [3.8, 4) is 0 Å². The van der Waals surface area contributed by atoms with Gasteiger partial charge in [0, 0.05) is 10.8 Å². The van der Waals surface area contributed by atoms with Gasteiger partial charge in [0.05, 0.1) is 9.79 Å². The smallest absolute Gasteiger partial charge is 0.460 e. The number of rotatable bonds is 9. The summed E-state index contributed by atoms with van der Waals surface area (Å²) >= 11 is -0.569. The molecule has 0 saturated carbocycles. The first-order valence-electron chi connectivity index (χ1n) is 23.9. The zero-order chi connectivity index (χ0) is 60.1. The quantitative estimate of drug-likeness (QED) is 0.0642. The van der Waals surface area contributed by atoms with Crippen molar-refractivity contribution in [3.05, 3.63) is 239 Å². The molecule has 0 fully saturated rings. The van der Waals surface area contributed by atoms with E-state index in [1.807, 2.05) is 103 Å². The third kappa shape index (κ3) is 14.3. The molecule has 0 aliphatic rings. The van der Waals surface area contributed by atoms with Crippen LogP contribution in [0.2, 0.25) is 0 Å². The molecule has 0 saturated heterocycles. The molecule has 0 atom stereocenters. The Labute approximate surface area is 489 Å². The summed E-state index contributed by atoms with van der Waals surface area (Å²) in [5.74, 6) is -13.1. The predicted octanol–water partition coefficient (Wildman–Crippen LogP) is 8.94. The molecule has 0 heterocycles. The average Bonchev–Trinajstić information content (AvgIpc) is 3.28. The van der Waals surface area contributed by atoms with Crippen molar-refractivity contribution in [2.75, 3.05) is 0 Å². The zero-order valence-electron chi connectivity index (χ0n) is 42.0. The monoisotopic (exact) mass is 1420 g/mol. The topological polar surface area (TPSA) is 169 Å². The molecule has 0 aliphatic carbocycles. The van der Waals surface area contributed by atoms with E-state index in [9.17, 15) is 73.9 Å². The van der Waals surface area contributed by atoms with Crippen LogP contribution >= 0.6 is 0 Å². The van der Waals surface area contributed by atoms with Crippen molar-refractivity contribution in [1.82, 2.24) is 0 Å². The lowest BCUT2D eigenvalue weighted by atomic mass is 9.94. The lowest BCUT2D eigenvalue weighted by Gasteiger charge is -2.27. The van der Waals surface area contributed by atoms with Crippen molar-refractivity contribution in [2.45, 2.75) is 39.1 Å². The van der Waals surface area contributed by atoms with Crippen LogP contribution in [0, 0.1) is 14.3 Å². The normalized spacial score (nSPS) is 12.3. The third-order valence-corrected chi connectivity index (χ3v) is 20.9. The Balaban J connectivity index is 0.000000137. The molecular weight excluding hydrogens is 1390 g/mol. The van der Waals surface area contributed by atoms with E-state index in [1.165, 1.54) is 25.3 Å². The fraction of sp³-hybridized carbons (Fsp3) is 0.0667. The van der Waals surface area contributed by atoms with Crippen molar-refractivity contribution in [2.24, 2.45) is 0 Å². The van der Waals surface area contributed by atoms with Gasteiger partial charge in [0.15, 0.2) is 10.7 Å². The Hall–Kier alpha value is -6.72. The molecule has 428 valence electrons. The second-order valence-electron chi connectivity index (χ2n) is 17.7. The van der Waals surface area contributed by atoms with E-state index in [-0.39, 0.29) is 35.9 Å². The summed E-state index contributed by atoms with van der Waals surface area (Å²) in [5.41, 5.74) is 0. The standard InChI is InChI=1S/2C16H10O3S.C12H9IO3S.C12H10I.C4HF9/c2*17-20(18,19)14-9-7-12-5-4-10-2-1-3-11-6-8-13(14)16(12)15(10)11;14-17(15,16)12-9-5-4-8-11(12)13-10-6-2-1-3-7-10;1-3-7-11(8-4-1)13-12-9-5-2-6-10-12;5-1(6)2(7,8)3(9,10)4(11,12)13/h2*1-9H,(H,17,18,19);1-9H;1-10H;1H/q;;;+1;/p-1. The van der Waals surface area contributed by atoms with Crippen molar-refractivity contribution < 1.29 is 121 Å². The van der Waals surface area contributed by atoms with E-state index in [1.54, 1.807) is 42.5 Å². The summed E-state index contributed by atoms with van der Waals surface area (Å²) in [6.07, 6.45) is -11.8. The molecule has 23 heteroatoms. The molecule has 0 radical (unpaired) electrons. The molecule has 0 unspecified atom stereocenters. The maximum atomic E-state index is 11.6. The Bertz CT molecular complexity index is 4320. The number of halogens is 11. The summed E-state index contributed by atoms with van der Waals surface area (Å²) in [4.78, 5) is -0.275. The molecule has 0 aromatic heterocycles. The van der Waals surface area contributed by atoms with E-state index in [0.29, 0.717) is 14.3 Å². The lowest BCUT2D eigenvalue weighted by Crippen LogP contribution is -3.61. The van der Waals surface area contributed by atoms with Gasteiger partial charge >= 0.3 is 66.9 Å².